The van der Waals surface area contributed by atoms with Crippen LogP contribution in [0.3, 0.4) is 0 Å². The number of hydrogen-bond acceptors (Lipinski definition) is 3. The SMILES string of the molecule is CCCN(C(=O)c1cc(Cl)ccc1F)C1CCN(C(=O)c2cc(F)cnc2Cl)CC1. The first-order chi connectivity index (χ1) is 14.3. The predicted octanol–water partition coefficient (Wildman–Crippen LogP) is 4.82. The number of halogens is 4. The van der Waals surface area contributed by atoms with Gasteiger partial charge in [-0.25, -0.2) is 13.8 Å². The molecule has 2 aromatic rings. The number of hydrogen-bond donors (Lipinski definition) is 0. The topological polar surface area (TPSA) is 53.5 Å². The van der Waals surface area contributed by atoms with Crippen LogP contribution in [-0.2, 0) is 0 Å². The monoisotopic (exact) mass is 455 g/mol. The minimum atomic E-state index is -0.638. The molecular formula is C21H21Cl2F2N3O2. The van der Waals surface area contributed by atoms with E-state index < -0.39 is 23.4 Å². The fourth-order valence-corrected chi connectivity index (χ4v) is 3.99. The largest absolute Gasteiger partial charge is 0.338 e. The number of carbonyl (C=O) groups is 2. The first kappa shape index (κ1) is 22.4. The van der Waals surface area contributed by atoms with Gasteiger partial charge in [0.25, 0.3) is 11.8 Å². The van der Waals surface area contributed by atoms with E-state index in [1.807, 2.05) is 6.92 Å². The van der Waals surface area contributed by atoms with Crippen molar-refractivity contribution >= 4 is 35.0 Å². The average Bonchev–Trinajstić information content (AvgIpc) is 2.74. The Kier molecular flexibility index (Phi) is 7.26. The van der Waals surface area contributed by atoms with Crippen LogP contribution in [-0.4, -0.2) is 52.3 Å². The second-order valence-corrected chi connectivity index (χ2v) is 7.93. The lowest BCUT2D eigenvalue weighted by Gasteiger charge is -2.38. The summed E-state index contributed by atoms with van der Waals surface area (Å²) in [6.07, 6.45) is 2.69. The summed E-state index contributed by atoms with van der Waals surface area (Å²) in [6, 6.07) is 4.82. The summed E-state index contributed by atoms with van der Waals surface area (Å²) in [4.78, 5) is 32.6. The molecule has 0 radical (unpaired) electrons. The Morgan fingerprint density at radius 2 is 1.87 bits per heavy atom. The molecule has 1 aliphatic heterocycles. The van der Waals surface area contributed by atoms with Gasteiger partial charge in [-0.05, 0) is 43.5 Å². The van der Waals surface area contributed by atoms with Crippen molar-refractivity contribution in [2.24, 2.45) is 0 Å². The summed E-state index contributed by atoms with van der Waals surface area (Å²) in [5.74, 6) is -2.08. The quantitative estimate of drug-likeness (QED) is 0.607. The number of nitrogens with zero attached hydrogens (tertiary/aromatic N) is 3. The summed E-state index contributed by atoms with van der Waals surface area (Å²) >= 11 is 11.9. The highest BCUT2D eigenvalue weighted by Crippen LogP contribution is 2.24. The van der Waals surface area contributed by atoms with E-state index in [2.05, 4.69) is 4.98 Å². The molecule has 0 spiro atoms. The second kappa shape index (κ2) is 9.71. The molecule has 2 heterocycles. The molecule has 0 N–H and O–H groups in total. The van der Waals surface area contributed by atoms with Crippen molar-refractivity contribution in [3.05, 3.63) is 63.4 Å². The first-order valence-corrected chi connectivity index (χ1v) is 10.4. The number of rotatable bonds is 5. The summed E-state index contributed by atoms with van der Waals surface area (Å²) < 4.78 is 27.7. The maximum Gasteiger partial charge on any atom is 0.257 e. The van der Waals surface area contributed by atoms with Crippen molar-refractivity contribution in [3.63, 3.8) is 0 Å². The zero-order valence-corrected chi connectivity index (χ0v) is 17.9. The lowest BCUT2D eigenvalue weighted by Crippen LogP contribution is -2.49. The van der Waals surface area contributed by atoms with E-state index in [1.165, 1.54) is 18.2 Å². The van der Waals surface area contributed by atoms with Gasteiger partial charge in [0.05, 0.1) is 17.3 Å². The Hall–Kier alpha value is -2.25. The number of amides is 2. The molecule has 0 saturated carbocycles. The van der Waals surface area contributed by atoms with E-state index in [9.17, 15) is 18.4 Å². The van der Waals surface area contributed by atoms with E-state index >= 15 is 0 Å². The number of piperidine rings is 1. The van der Waals surface area contributed by atoms with Gasteiger partial charge in [0.1, 0.15) is 16.8 Å². The third-order valence-electron chi connectivity index (χ3n) is 5.11. The predicted molar refractivity (Wildman–Crippen MR) is 111 cm³/mol. The molecular weight excluding hydrogens is 435 g/mol. The lowest BCUT2D eigenvalue weighted by atomic mass is 10.0. The van der Waals surface area contributed by atoms with Gasteiger partial charge in [-0.1, -0.05) is 30.1 Å². The van der Waals surface area contributed by atoms with E-state index in [0.29, 0.717) is 38.9 Å². The molecule has 1 saturated heterocycles. The van der Waals surface area contributed by atoms with Gasteiger partial charge in [-0.3, -0.25) is 9.59 Å². The molecule has 0 aliphatic carbocycles. The summed E-state index contributed by atoms with van der Waals surface area (Å²) in [5.41, 5.74) is -0.0512. The molecule has 1 aromatic heterocycles. The van der Waals surface area contributed by atoms with E-state index in [4.69, 9.17) is 23.2 Å². The molecule has 2 amide bonds. The molecule has 160 valence electrons. The zero-order valence-electron chi connectivity index (χ0n) is 16.4. The van der Waals surface area contributed by atoms with Crippen molar-refractivity contribution in [2.45, 2.75) is 32.2 Å². The summed E-state index contributed by atoms with van der Waals surface area (Å²) in [5, 5.41) is 0.236. The van der Waals surface area contributed by atoms with Gasteiger partial charge < -0.3 is 9.80 Å². The van der Waals surface area contributed by atoms with Crippen LogP contribution in [0.4, 0.5) is 8.78 Å². The second-order valence-electron chi connectivity index (χ2n) is 7.14. The van der Waals surface area contributed by atoms with E-state index in [-0.39, 0.29) is 27.3 Å². The van der Waals surface area contributed by atoms with E-state index in [0.717, 1.165) is 12.3 Å². The van der Waals surface area contributed by atoms with E-state index in [1.54, 1.807) is 9.80 Å². The highest BCUT2D eigenvalue weighted by atomic mass is 35.5. The highest BCUT2D eigenvalue weighted by molar-refractivity contribution is 6.32. The number of pyridine rings is 1. The molecule has 30 heavy (non-hydrogen) atoms. The fourth-order valence-electron chi connectivity index (χ4n) is 3.63. The van der Waals surface area contributed by atoms with Crippen LogP contribution in [0.25, 0.3) is 0 Å². The third-order valence-corrected chi connectivity index (χ3v) is 5.65. The number of carbonyl (C=O) groups excluding carboxylic acids is 2. The zero-order chi connectivity index (χ0) is 21.8. The average molecular weight is 456 g/mol. The van der Waals surface area contributed by atoms with Gasteiger partial charge in [-0.15, -0.1) is 0 Å². The van der Waals surface area contributed by atoms with Gasteiger partial charge >= 0.3 is 0 Å². The van der Waals surface area contributed by atoms with Crippen molar-refractivity contribution in [2.75, 3.05) is 19.6 Å². The summed E-state index contributed by atoms with van der Waals surface area (Å²) in [7, 11) is 0. The third kappa shape index (κ3) is 4.90. The van der Waals surface area contributed by atoms with Crippen LogP contribution in [0.1, 0.15) is 46.9 Å². The molecule has 1 aliphatic rings. The molecule has 1 aromatic carbocycles. The fraction of sp³-hybridized carbons (Fsp3) is 0.381. The molecule has 9 heteroatoms. The van der Waals surface area contributed by atoms with Crippen LogP contribution in [0.5, 0.6) is 0 Å². The maximum absolute atomic E-state index is 14.2. The molecule has 5 nitrogen and oxygen atoms in total. The Labute approximate surface area is 183 Å². The number of benzene rings is 1. The van der Waals surface area contributed by atoms with Gasteiger partial charge in [-0.2, -0.15) is 0 Å². The van der Waals surface area contributed by atoms with Crippen LogP contribution < -0.4 is 0 Å². The lowest BCUT2D eigenvalue weighted by molar-refractivity contribution is 0.0516. The Morgan fingerprint density at radius 3 is 2.53 bits per heavy atom. The molecule has 1 fully saturated rings. The van der Waals surface area contributed by atoms with Gasteiger partial charge in [0.15, 0.2) is 0 Å². The van der Waals surface area contributed by atoms with Crippen molar-refractivity contribution in [1.29, 1.82) is 0 Å². The van der Waals surface area contributed by atoms with Crippen LogP contribution in [0.2, 0.25) is 10.2 Å². The number of likely N-dealkylation sites (tertiary alicyclic amines) is 1. The minimum absolute atomic E-state index is 0.0117. The minimum Gasteiger partial charge on any atom is -0.338 e. The first-order valence-electron chi connectivity index (χ1n) is 9.68. The van der Waals surface area contributed by atoms with Crippen molar-refractivity contribution in [1.82, 2.24) is 14.8 Å². The molecule has 0 bridgehead atoms. The highest BCUT2D eigenvalue weighted by Gasteiger charge is 2.31. The Bertz CT molecular complexity index is 950. The smallest absolute Gasteiger partial charge is 0.257 e. The van der Waals surface area contributed by atoms with Crippen molar-refractivity contribution < 1.29 is 18.4 Å². The Balaban J connectivity index is 1.72. The molecule has 0 atom stereocenters. The van der Waals surface area contributed by atoms with Crippen LogP contribution in [0, 0.1) is 11.6 Å². The molecule has 3 rings (SSSR count). The summed E-state index contributed by atoms with van der Waals surface area (Å²) in [6.45, 7) is 3.12. The molecule has 0 unspecified atom stereocenters. The normalized spacial score (nSPS) is 14.6. The van der Waals surface area contributed by atoms with Crippen LogP contribution in [0.15, 0.2) is 30.5 Å². The Morgan fingerprint density at radius 1 is 1.17 bits per heavy atom. The standard InChI is InChI=1S/C21H21Cl2F2N3O2/c1-2-7-28(21(30)16-10-13(22)3-4-18(16)25)15-5-8-27(9-6-15)20(29)17-11-14(24)12-26-19(17)23/h3-4,10-12,15H,2,5-9H2,1H3. The van der Waals surface area contributed by atoms with Gasteiger partial charge in [0, 0.05) is 30.7 Å². The maximum atomic E-state index is 14.2. The number of aromatic nitrogens is 1. The van der Waals surface area contributed by atoms with Gasteiger partial charge in [0.2, 0.25) is 0 Å². The van der Waals surface area contributed by atoms with Crippen molar-refractivity contribution in [3.8, 4) is 0 Å². The van der Waals surface area contributed by atoms with Crippen LogP contribution >= 0.6 is 23.2 Å².